The van der Waals surface area contributed by atoms with Gasteiger partial charge in [0, 0.05) is 11.8 Å². The van der Waals surface area contributed by atoms with Crippen LogP contribution < -0.4 is 5.73 Å². The third-order valence-corrected chi connectivity index (χ3v) is 2.48. The first-order valence-electron chi connectivity index (χ1n) is 4.21. The molecule has 1 unspecified atom stereocenters. The zero-order valence-electron chi connectivity index (χ0n) is 7.25. The smallest absolute Gasteiger partial charge is 0.0521 e. The van der Waals surface area contributed by atoms with Crippen molar-refractivity contribution in [2.75, 3.05) is 18.1 Å². The quantitative estimate of drug-likeness (QED) is 0.575. The Hall–Kier alpha value is 0.270. The van der Waals surface area contributed by atoms with Crippen molar-refractivity contribution < 1.29 is 5.11 Å². The van der Waals surface area contributed by atoms with Gasteiger partial charge in [-0.15, -0.1) is 0 Å². The van der Waals surface area contributed by atoms with E-state index in [9.17, 15) is 0 Å². The molecule has 0 radical (unpaired) electrons. The zero-order valence-corrected chi connectivity index (χ0v) is 8.07. The number of thioether (sulfide) groups is 1. The monoisotopic (exact) mass is 177 g/mol. The molecule has 0 fully saturated rings. The van der Waals surface area contributed by atoms with Crippen molar-refractivity contribution in [3.05, 3.63) is 0 Å². The Morgan fingerprint density at radius 3 is 2.64 bits per heavy atom. The Kier molecular flexibility index (Phi) is 8.57. The van der Waals surface area contributed by atoms with Crippen molar-refractivity contribution >= 4 is 11.8 Å². The van der Waals surface area contributed by atoms with Gasteiger partial charge in [-0.3, -0.25) is 0 Å². The molecule has 2 nitrogen and oxygen atoms in total. The first-order chi connectivity index (χ1) is 5.27. The normalized spacial score (nSPS) is 13.4. The summed E-state index contributed by atoms with van der Waals surface area (Å²) in [4.78, 5) is 0. The second-order valence-electron chi connectivity index (χ2n) is 2.81. The van der Waals surface area contributed by atoms with Gasteiger partial charge in [-0.2, -0.15) is 11.8 Å². The number of aliphatic hydroxyl groups excluding tert-OH is 1. The Balaban J connectivity index is 2.80. The van der Waals surface area contributed by atoms with Crippen LogP contribution in [0.3, 0.4) is 0 Å². The maximum atomic E-state index is 8.47. The lowest BCUT2D eigenvalue weighted by atomic mass is 10.2. The van der Waals surface area contributed by atoms with Crippen molar-refractivity contribution in [2.24, 2.45) is 5.73 Å². The molecule has 0 aromatic heterocycles. The first kappa shape index (κ1) is 11.3. The highest BCUT2D eigenvalue weighted by Crippen LogP contribution is 2.06. The Labute approximate surface area is 73.6 Å². The minimum atomic E-state index is 0.304. The molecule has 3 heteroatoms. The second kappa shape index (κ2) is 8.37. The second-order valence-corrected chi connectivity index (χ2v) is 4.03. The highest BCUT2D eigenvalue weighted by molar-refractivity contribution is 7.99. The molecule has 0 aromatic carbocycles. The van der Waals surface area contributed by atoms with Crippen LogP contribution in [0.1, 0.15) is 26.2 Å². The zero-order chi connectivity index (χ0) is 8.53. The van der Waals surface area contributed by atoms with E-state index in [1.54, 1.807) is 0 Å². The van der Waals surface area contributed by atoms with E-state index in [1.165, 1.54) is 12.8 Å². The van der Waals surface area contributed by atoms with Gasteiger partial charge in [0.05, 0.1) is 6.61 Å². The fraction of sp³-hybridized carbons (Fsp3) is 1.00. The van der Waals surface area contributed by atoms with Crippen LogP contribution in [0.25, 0.3) is 0 Å². The molecule has 0 saturated heterocycles. The van der Waals surface area contributed by atoms with E-state index >= 15 is 0 Å². The van der Waals surface area contributed by atoms with Gasteiger partial charge in [0.15, 0.2) is 0 Å². The van der Waals surface area contributed by atoms with Crippen molar-refractivity contribution in [1.29, 1.82) is 0 Å². The van der Waals surface area contributed by atoms with Gasteiger partial charge in [0.1, 0.15) is 0 Å². The molecule has 0 aliphatic heterocycles. The van der Waals surface area contributed by atoms with Crippen LogP contribution in [-0.4, -0.2) is 29.3 Å². The third kappa shape index (κ3) is 10.3. The largest absolute Gasteiger partial charge is 0.396 e. The third-order valence-electron chi connectivity index (χ3n) is 1.43. The maximum Gasteiger partial charge on any atom is 0.0521 e. The molecule has 0 bridgehead atoms. The predicted molar refractivity (Wildman–Crippen MR) is 51.9 cm³/mol. The molecular weight excluding hydrogens is 158 g/mol. The number of hydrogen-bond acceptors (Lipinski definition) is 3. The summed E-state index contributed by atoms with van der Waals surface area (Å²) in [6, 6.07) is 0.345. The number of hydrogen-bond donors (Lipinski definition) is 2. The molecule has 0 rings (SSSR count). The fourth-order valence-electron chi connectivity index (χ4n) is 0.837. The summed E-state index contributed by atoms with van der Waals surface area (Å²) in [5.41, 5.74) is 5.59. The lowest BCUT2D eigenvalue weighted by Crippen LogP contribution is -2.14. The predicted octanol–water partition coefficient (Wildman–Crippen LogP) is 1.23. The standard InChI is InChI=1S/C8H19NOS/c1-8(9)4-2-3-6-11-7-5-10/h8,10H,2-7,9H2,1H3. The SMILES string of the molecule is CC(N)CCCCSCCO. The van der Waals surface area contributed by atoms with E-state index in [-0.39, 0.29) is 0 Å². The lowest BCUT2D eigenvalue weighted by Gasteiger charge is -2.03. The number of aliphatic hydroxyl groups is 1. The Bertz CT molecular complexity index is 78.5. The highest BCUT2D eigenvalue weighted by Gasteiger charge is 1.93. The minimum absolute atomic E-state index is 0.304. The van der Waals surface area contributed by atoms with Crippen molar-refractivity contribution in [2.45, 2.75) is 32.2 Å². The van der Waals surface area contributed by atoms with Crippen LogP contribution in [0, 0.1) is 0 Å². The van der Waals surface area contributed by atoms with Gasteiger partial charge >= 0.3 is 0 Å². The first-order valence-corrected chi connectivity index (χ1v) is 5.37. The van der Waals surface area contributed by atoms with Gasteiger partial charge in [0.2, 0.25) is 0 Å². The summed E-state index contributed by atoms with van der Waals surface area (Å²) >= 11 is 1.81. The van der Waals surface area contributed by atoms with Gasteiger partial charge in [-0.1, -0.05) is 6.42 Å². The van der Waals surface area contributed by atoms with Crippen LogP contribution in [0.2, 0.25) is 0 Å². The average Bonchev–Trinajstić information content (AvgIpc) is 1.96. The summed E-state index contributed by atoms with van der Waals surface area (Å²) in [6.07, 6.45) is 3.57. The lowest BCUT2D eigenvalue weighted by molar-refractivity contribution is 0.322. The van der Waals surface area contributed by atoms with Gasteiger partial charge < -0.3 is 10.8 Å². The van der Waals surface area contributed by atoms with E-state index < -0.39 is 0 Å². The Morgan fingerprint density at radius 1 is 1.36 bits per heavy atom. The maximum absolute atomic E-state index is 8.47. The fourth-order valence-corrected chi connectivity index (χ4v) is 1.58. The summed E-state index contributed by atoms with van der Waals surface area (Å²) in [5.74, 6) is 2.03. The minimum Gasteiger partial charge on any atom is -0.396 e. The van der Waals surface area contributed by atoms with Gasteiger partial charge in [-0.25, -0.2) is 0 Å². The molecule has 0 saturated carbocycles. The van der Waals surface area contributed by atoms with Gasteiger partial charge in [0.25, 0.3) is 0 Å². The topological polar surface area (TPSA) is 46.2 Å². The van der Waals surface area contributed by atoms with Crippen LogP contribution in [-0.2, 0) is 0 Å². The van der Waals surface area contributed by atoms with Crippen LogP contribution in [0.4, 0.5) is 0 Å². The van der Waals surface area contributed by atoms with Crippen molar-refractivity contribution in [3.8, 4) is 0 Å². The molecule has 11 heavy (non-hydrogen) atoms. The van der Waals surface area contributed by atoms with Crippen LogP contribution in [0.5, 0.6) is 0 Å². The van der Waals surface area contributed by atoms with E-state index in [2.05, 4.69) is 0 Å². The summed E-state index contributed by atoms with van der Waals surface area (Å²) in [7, 11) is 0. The Morgan fingerprint density at radius 2 is 2.09 bits per heavy atom. The molecule has 0 aliphatic carbocycles. The summed E-state index contributed by atoms with van der Waals surface area (Å²) in [5, 5.41) is 8.47. The van der Waals surface area contributed by atoms with E-state index in [0.29, 0.717) is 12.6 Å². The number of nitrogens with two attached hydrogens (primary N) is 1. The molecule has 3 N–H and O–H groups in total. The molecule has 0 heterocycles. The number of unbranched alkanes of at least 4 members (excludes halogenated alkanes) is 1. The van der Waals surface area contributed by atoms with Crippen LogP contribution in [0.15, 0.2) is 0 Å². The molecule has 0 aromatic rings. The number of rotatable bonds is 7. The van der Waals surface area contributed by atoms with E-state index in [1.807, 2.05) is 18.7 Å². The molecule has 1 atom stereocenters. The van der Waals surface area contributed by atoms with E-state index in [4.69, 9.17) is 10.8 Å². The molecule has 68 valence electrons. The van der Waals surface area contributed by atoms with E-state index in [0.717, 1.165) is 17.9 Å². The summed E-state index contributed by atoms with van der Waals surface area (Å²) in [6.45, 7) is 2.35. The molecule has 0 aliphatic rings. The van der Waals surface area contributed by atoms with Crippen molar-refractivity contribution in [1.82, 2.24) is 0 Å². The van der Waals surface area contributed by atoms with Crippen molar-refractivity contribution in [3.63, 3.8) is 0 Å². The molecule has 0 amide bonds. The average molecular weight is 177 g/mol. The summed E-state index contributed by atoms with van der Waals surface area (Å²) < 4.78 is 0. The van der Waals surface area contributed by atoms with Gasteiger partial charge in [-0.05, 0) is 25.5 Å². The van der Waals surface area contributed by atoms with Crippen LogP contribution >= 0.6 is 11.8 Å². The molecule has 0 spiro atoms. The highest BCUT2D eigenvalue weighted by atomic mass is 32.2. The molecular formula is C8H19NOS.